The van der Waals surface area contributed by atoms with Gasteiger partial charge in [0.25, 0.3) is 0 Å². The van der Waals surface area contributed by atoms with E-state index in [1.54, 1.807) is 24.3 Å². The molecule has 0 aromatic heterocycles. The fraction of sp³-hybridized carbons (Fsp3) is 0.368. The van der Waals surface area contributed by atoms with Gasteiger partial charge in [0.1, 0.15) is 6.10 Å². The molecule has 1 fully saturated rings. The van der Waals surface area contributed by atoms with Crippen LogP contribution in [0.25, 0.3) is 0 Å². The zero-order valence-corrected chi connectivity index (χ0v) is 16.7. The topological polar surface area (TPSA) is 64.7 Å². The van der Waals surface area contributed by atoms with Gasteiger partial charge in [0.2, 0.25) is 0 Å². The third-order valence-corrected chi connectivity index (χ3v) is 5.17. The van der Waals surface area contributed by atoms with Crippen molar-refractivity contribution in [3.8, 4) is 5.75 Å². The van der Waals surface area contributed by atoms with Gasteiger partial charge in [0.05, 0.1) is 35.4 Å². The van der Waals surface area contributed by atoms with Gasteiger partial charge in [-0.3, -0.25) is 0 Å². The summed E-state index contributed by atoms with van der Waals surface area (Å²) in [7, 11) is 0. The molecular weight excluding hydrogens is 416 g/mol. The molecule has 1 saturated heterocycles. The van der Waals surface area contributed by atoms with Crippen LogP contribution < -0.4 is 10.5 Å². The number of aliphatic hydroxyl groups is 1. The third-order valence-electron chi connectivity index (χ3n) is 4.43. The molecule has 3 rings (SSSR count). The van der Waals surface area contributed by atoms with Crippen molar-refractivity contribution in [3.05, 3.63) is 63.4 Å². The Labute approximate surface area is 173 Å². The summed E-state index contributed by atoms with van der Waals surface area (Å²) in [6, 6.07) is 8.49. The summed E-state index contributed by atoms with van der Waals surface area (Å²) in [6.07, 6.45) is 0.296. The fourth-order valence-corrected chi connectivity index (χ4v) is 3.19. The lowest BCUT2D eigenvalue weighted by Gasteiger charge is -2.24. The first-order valence-electron chi connectivity index (χ1n) is 8.38. The van der Waals surface area contributed by atoms with Crippen molar-refractivity contribution < 1.29 is 19.0 Å². The number of nitrogens with two attached hydrogens (primary N) is 1. The number of hydrogen-bond acceptors (Lipinski definition) is 4. The van der Waals surface area contributed by atoms with Crippen molar-refractivity contribution in [2.24, 2.45) is 5.73 Å². The molecule has 27 heavy (non-hydrogen) atoms. The average molecular weight is 437 g/mol. The van der Waals surface area contributed by atoms with Crippen LogP contribution in [0.3, 0.4) is 0 Å². The standard InChI is InChI=1S/C19H20Cl2FNO3.ClH/c20-14-3-1-11(9-15(14)21)18(23)19(24)12-2-4-17(16(22)10-12)26-13-5-7-25-8-6-13;/h1-4,9-10,13,18-19,24H,5-8,23H2;1H/t18-,19+;/m0./s1. The Morgan fingerprint density at radius 2 is 1.74 bits per heavy atom. The van der Waals surface area contributed by atoms with Crippen LogP contribution in [-0.2, 0) is 4.74 Å². The molecule has 0 spiro atoms. The summed E-state index contributed by atoms with van der Waals surface area (Å²) in [5, 5.41) is 11.3. The van der Waals surface area contributed by atoms with Crippen LogP contribution >= 0.6 is 35.6 Å². The van der Waals surface area contributed by atoms with Crippen LogP contribution in [0, 0.1) is 5.82 Å². The monoisotopic (exact) mass is 435 g/mol. The summed E-state index contributed by atoms with van der Waals surface area (Å²) in [6.45, 7) is 1.23. The minimum absolute atomic E-state index is 0. The molecule has 3 N–H and O–H groups in total. The molecular formula is C19H21Cl3FNO3. The Morgan fingerprint density at radius 3 is 2.37 bits per heavy atom. The lowest BCUT2D eigenvalue weighted by molar-refractivity contribution is 0.0240. The summed E-state index contributed by atoms with van der Waals surface area (Å²) in [5.41, 5.74) is 7.08. The maximum Gasteiger partial charge on any atom is 0.165 e. The smallest absolute Gasteiger partial charge is 0.165 e. The van der Waals surface area contributed by atoms with Gasteiger partial charge in [0.15, 0.2) is 11.6 Å². The lowest BCUT2D eigenvalue weighted by Crippen LogP contribution is -2.26. The van der Waals surface area contributed by atoms with E-state index in [4.69, 9.17) is 38.4 Å². The molecule has 0 radical (unpaired) electrons. The first kappa shape index (κ1) is 22.2. The SMILES string of the molecule is Cl.N[C@@H](c1ccc(Cl)c(Cl)c1)[C@H](O)c1ccc(OC2CCOCC2)c(F)c1. The molecule has 1 heterocycles. The van der Waals surface area contributed by atoms with Crippen molar-refractivity contribution in [2.45, 2.75) is 31.1 Å². The highest BCUT2D eigenvalue weighted by molar-refractivity contribution is 6.42. The third kappa shape index (κ3) is 5.47. The normalized spacial score (nSPS) is 17.1. The van der Waals surface area contributed by atoms with E-state index in [2.05, 4.69) is 0 Å². The zero-order valence-electron chi connectivity index (χ0n) is 14.4. The van der Waals surface area contributed by atoms with Crippen LogP contribution in [0.4, 0.5) is 4.39 Å². The second-order valence-corrected chi connectivity index (χ2v) is 7.08. The van der Waals surface area contributed by atoms with Gasteiger partial charge >= 0.3 is 0 Å². The zero-order chi connectivity index (χ0) is 18.7. The molecule has 0 aliphatic carbocycles. The van der Waals surface area contributed by atoms with Crippen molar-refractivity contribution >= 4 is 35.6 Å². The minimum Gasteiger partial charge on any atom is -0.487 e. The van der Waals surface area contributed by atoms with E-state index >= 15 is 0 Å². The second-order valence-electron chi connectivity index (χ2n) is 6.26. The Balaban J connectivity index is 0.00000261. The van der Waals surface area contributed by atoms with Crippen LogP contribution in [0.15, 0.2) is 36.4 Å². The van der Waals surface area contributed by atoms with Crippen molar-refractivity contribution in [1.82, 2.24) is 0 Å². The Bertz CT molecular complexity index is 772. The van der Waals surface area contributed by atoms with Crippen LogP contribution in [0.5, 0.6) is 5.75 Å². The molecule has 2 aromatic carbocycles. The van der Waals surface area contributed by atoms with Gasteiger partial charge < -0.3 is 20.3 Å². The van der Waals surface area contributed by atoms with E-state index < -0.39 is 18.0 Å². The highest BCUT2D eigenvalue weighted by Crippen LogP contribution is 2.33. The van der Waals surface area contributed by atoms with E-state index in [9.17, 15) is 9.50 Å². The second kappa shape index (κ2) is 9.92. The van der Waals surface area contributed by atoms with Gasteiger partial charge in [-0.25, -0.2) is 4.39 Å². The van der Waals surface area contributed by atoms with E-state index in [-0.39, 0.29) is 24.3 Å². The number of ether oxygens (including phenoxy) is 2. The van der Waals surface area contributed by atoms with Gasteiger partial charge in [-0.2, -0.15) is 0 Å². The maximum absolute atomic E-state index is 14.4. The summed E-state index contributed by atoms with van der Waals surface area (Å²) in [5.74, 6) is -0.370. The number of benzene rings is 2. The Hall–Kier alpha value is -1.08. The first-order chi connectivity index (χ1) is 12.5. The van der Waals surface area contributed by atoms with Crippen molar-refractivity contribution in [2.75, 3.05) is 13.2 Å². The van der Waals surface area contributed by atoms with Gasteiger partial charge in [-0.1, -0.05) is 35.3 Å². The molecule has 0 bridgehead atoms. The van der Waals surface area contributed by atoms with E-state index in [0.29, 0.717) is 34.4 Å². The van der Waals surface area contributed by atoms with Crippen LogP contribution in [0.1, 0.15) is 36.1 Å². The Kier molecular flexibility index (Phi) is 8.16. The first-order valence-corrected chi connectivity index (χ1v) is 9.13. The molecule has 2 aromatic rings. The number of rotatable bonds is 5. The van der Waals surface area contributed by atoms with E-state index in [1.165, 1.54) is 12.1 Å². The van der Waals surface area contributed by atoms with Gasteiger partial charge in [-0.15, -0.1) is 12.4 Å². The predicted molar refractivity (Wildman–Crippen MR) is 106 cm³/mol. The van der Waals surface area contributed by atoms with Crippen molar-refractivity contribution in [1.29, 1.82) is 0 Å². The predicted octanol–water partition coefficient (Wildman–Crippen LogP) is 4.85. The summed E-state index contributed by atoms with van der Waals surface area (Å²) >= 11 is 11.9. The van der Waals surface area contributed by atoms with Crippen molar-refractivity contribution in [3.63, 3.8) is 0 Å². The largest absolute Gasteiger partial charge is 0.487 e. The lowest BCUT2D eigenvalue weighted by atomic mass is 9.96. The van der Waals surface area contributed by atoms with Crippen LogP contribution in [-0.4, -0.2) is 24.4 Å². The van der Waals surface area contributed by atoms with Gasteiger partial charge in [0, 0.05) is 12.8 Å². The molecule has 1 aliphatic rings. The fourth-order valence-electron chi connectivity index (χ4n) is 2.88. The number of hydrogen-bond donors (Lipinski definition) is 2. The maximum atomic E-state index is 14.4. The number of aliphatic hydroxyl groups excluding tert-OH is 1. The molecule has 8 heteroatoms. The summed E-state index contributed by atoms with van der Waals surface area (Å²) in [4.78, 5) is 0. The molecule has 0 saturated carbocycles. The molecule has 0 amide bonds. The molecule has 2 atom stereocenters. The van der Waals surface area contributed by atoms with Gasteiger partial charge in [-0.05, 0) is 35.4 Å². The molecule has 4 nitrogen and oxygen atoms in total. The summed E-state index contributed by atoms with van der Waals surface area (Å²) < 4.78 is 25.4. The van der Waals surface area contributed by atoms with Crippen LogP contribution in [0.2, 0.25) is 10.0 Å². The molecule has 1 aliphatic heterocycles. The molecule has 148 valence electrons. The molecule has 0 unspecified atom stereocenters. The highest BCUT2D eigenvalue weighted by Gasteiger charge is 2.22. The Morgan fingerprint density at radius 1 is 1.07 bits per heavy atom. The van der Waals surface area contributed by atoms with E-state index in [0.717, 1.165) is 12.8 Å². The highest BCUT2D eigenvalue weighted by atomic mass is 35.5. The quantitative estimate of drug-likeness (QED) is 0.703. The number of halogens is 4. The van der Waals surface area contributed by atoms with E-state index in [1.807, 2.05) is 0 Å². The average Bonchev–Trinajstić information content (AvgIpc) is 2.65. The minimum atomic E-state index is -1.10.